The molecule has 9 nitrogen and oxygen atoms in total. The van der Waals surface area contributed by atoms with Gasteiger partial charge in [-0.3, -0.25) is 14.4 Å². The number of alkyl halides is 2. The van der Waals surface area contributed by atoms with E-state index in [1.165, 1.54) is 4.90 Å². The van der Waals surface area contributed by atoms with Gasteiger partial charge in [-0.15, -0.1) is 0 Å². The van der Waals surface area contributed by atoms with Crippen LogP contribution in [-0.4, -0.2) is 76.5 Å². The summed E-state index contributed by atoms with van der Waals surface area (Å²) in [7, 11) is 0. The first-order valence-corrected chi connectivity index (χ1v) is 14.6. The Morgan fingerprint density at radius 2 is 1.54 bits per heavy atom. The second-order valence-corrected chi connectivity index (χ2v) is 11.0. The number of aliphatic hydroxyl groups is 1. The summed E-state index contributed by atoms with van der Waals surface area (Å²) in [6.07, 6.45) is -5.92. The van der Waals surface area contributed by atoms with E-state index < -0.39 is 90.5 Å². The van der Waals surface area contributed by atoms with Crippen molar-refractivity contribution in [1.29, 1.82) is 0 Å². The second kappa shape index (κ2) is 15.5. The maximum atomic E-state index is 14.3. The van der Waals surface area contributed by atoms with Crippen LogP contribution in [0.3, 0.4) is 0 Å². The molecule has 1 saturated heterocycles. The van der Waals surface area contributed by atoms with Crippen molar-refractivity contribution in [2.45, 2.75) is 56.2 Å². The summed E-state index contributed by atoms with van der Waals surface area (Å²) >= 11 is 0. The van der Waals surface area contributed by atoms with Crippen LogP contribution in [0.5, 0.6) is 0 Å². The predicted molar refractivity (Wildman–Crippen MR) is 158 cm³/mol. The number of aliphatic hydroxyl groups excluding tert-OH is 1. The minimum absolute atomic E-state index is 0.0167. The van der Waals surface area contributed by atoms with Gasteiger partial charge in [-0.2, -0.15) is 0 Å². The van der Waals surface area contributed by atoms with Gasteiger partial charge >= 0.3 is 5.97 Å². The molecule has 244 valence electrons. The van der Waals surface area contributed by atoms with Gasteiger partial charge in [0.1, 0.15) is 29.8 Å². The van der Waals surface area contributed by atoms with Gasteiger partial charge in [0.05, 0.1) is 5.56 Å². The lowest BCUT2D eigenvalue weighted by molar-refractivity contribution is -0.145. The van der Waals surface area contributed by atoms with E-state index in [1.807, 2.05) is 12.1 Å². The number of nitrogens with one attached hydrogen (secondary N) is 2. The van der Waals surface area contributed by atoms with Gasteiger partial charge in [0.15, 0.2) is 0 Å². The van der Waals surface area contributed by atoms with Crippen LogP contribution < -0.4 is 10.6 Å². The van der Waals surface area contributed by atoms with Crippen molar-refractivity contribution in [3.8, 4) is 0 Å². The van der Waals surface area contributed by atoms with Gasteiger partial charge < -0.3 is 25.7 Å². The van der Waals surface area contributed by atoms with Crippen LogP contribution in [0.15, 0.2) is 72.8 Å². The van der Waals surface area contributed by atoms with Crippen LogP contribution in [0.2, 0.25) is 0 Å². The molecule has 0 spiro atoms. The van der Waals surface area contributed by atoms with Gasteiger partial charge in [-0.05, 0) is 36.1 Å². The number of aromatic carboxylic acids is 1. The molecule has 0 saturated carbocycles. The SMILES string of the molecule is O=C(O)c1cc(F)c(CCNC(=O)[C@H](CC(F)F)NC(=O)[C@@H]2C[C@@H](c3ccccc3)CN2C(=O)C(O)Cc2ccccc2)c(F)c1. The summed E-state index contributed by atoms with van der Waals surface area (Å²) in [6.45, 7) is -0.346. The van der Waals surface area contributed by atoms with Gasteiger partial charge in [0, 0.05) is 37.4 Å². The number of halogens is 4. The van der Waals surface area contributed by atoms with Crippen molar-refractivity contribution in [3.05, 3.63) is 107 Å². The third kappa shape index (κ3) is 8.68. The van der Waals surface area contributed by atoms with Gasteiger partial charge in [-0.1, -0.05) is 60.7 Å². The third-order valence-electron chi connectivity index (χ3n) is 7.82. The number of rotatable bonds is 13. The Bertz CT molecular complexity index is 1520. The zero-order chi connectivity index (χ0) is 33.4. The average Bonchev–Trinajstić information content (AvgIpc) is 3.48. The minimum Gasteiger partial charge on any atom is -0.478 e. The average molecular weight is 644 g/mol. The van der Waals surface area contributed by atoms with Crippen molar-refractivity contribution < 1.29 is 47.0 Å². The molecule has 1 aliphatic rings. The number of nitrogens with zero attached hydrogens (tertiary/aromatic N) is 1. The highest BCUT2D eigenvalue weighted by molar-refractivity contribution is 5.93. The second-order valence-electron chi connectivity index (χ2n) is 11.0. The first-order chi connectivity index (χ1) is 21.9. The molecule has 1 aliphatic heterocycles. The largest absolute Gasteiger partial charge is 0.478 e. The molecule has 1 unspecified atom stereocenters. The van der Waals surface area contributed by atoms with Crippen molar-refractivity contribution in [3.63, 3.8) is 0 Å². The number of benzene rings is 3. The molecular weight excluding hydrogens is 610 g/mol. The molecule has 13 heteroatoms. The molecule has 4 N–H and O–H groups in total. The smallest absolute Gasteiger partial charge is 0.335 e. The normalized spacial score (nSPS) is 17.4. The number of carbonyl (C=O) groups excluding carboxylic acids is 3. The fourth-order valence-corrected chi connectivity index (χ4v) is 5.49. The van der Waals surface area contributed by atoms with E-state index in [9.17, 15) is 41.8 Å². The van der Waals surface area contributed by atoms with Crippen molar-refractivity contribution >= 4 is 23.7 Å². The number of amides is 3. The molecule has 0 aromatic heterocycles. The fourth-order valence-electron chi connectivity index (χ4n) is 5.49. The molecular formula is C33H33F4N3O6. The maximum Gasteiger partial charge on any atom is 0.335 e. The van der Waals surface area contributed by atoms with Crippen LogP contribution >= 0.6 is 0 Å². The standard InChI is InChI=1S/C33H33F4N3O6/c34-24-14-21(33(45)46)15-25(35)23(24)11-12-38-30(42)26(17-29(36)37)39-31(43)27-16-22(20-9-5-2-6-10-20)18-40(27)32(44)28(41)13-19-7-3-1-4-8-19/h1-10,14-15,22,26-29,41H,11-13,16-18H2,(H,38,42)(H,39,43)(H,45,46)/t22-,26+,27+,28?/m1/s1. The number of likely N-dealkylation sites (tertiary alicyclic amines) is 1. The zero-order valence-electron chi connectivity index (χ0n) is 24.5. The maximum absolute atomic E-state index is 14.3. The molecule has 0 radical (unpaired) electrons. The first kappa shape index (κ1) is 34.1. The van der Waals surface area contributed by atoms with Crippen LogP contribution in [-0.2, 0) is 27.2 Å². The van der Waals surface area contributed by atoms with E-state index in [-0.39, 0.29) is 25.3 Å². The summed E-state index contributed by atoms with van der Waals surface area (Å²) in [6, 6.07) is 16.1. The molecule has 3 aromatic carbocycles. The first-order valence-electron chi connectivity index (χ1n) is 14.6. The van der Waals surface area contributed by atoms with E-state index in [1.54, 1.807) is 48.5 Å². The zero-order valence-corrected chi connectivity index (χ0v) is 24.5. The molecule has 0 aliphatic carbocycles. The Morgan fingerprint density at radius 1 is 0.935 bits per heavy atom. The van der Waals surface area contributed by atoms with E-state index in [0.717, 1.165) is 5.56 Å². The van der Waals surface area contributed by atoms with Crippen LogP contribution in [0.4, 0.5) is 17.6 Å². The van der Waals surface area contributed by atoms with Gasteiger partial charge in [0.2, 0.25) is 18.2 Å². The third-order valence-corrected chi connectivity index (χ3v) is 7.82. The summed E-state index contributed by atoms with van der Waals surface area (Å²) in [5.74, 6) is -6.81. The Balaban J connectivity index is 1.47. The Morgan fingerprint density at radius 3 is 2.13 bits per heavy atom. The summed E-state index contributed by atoms with van der Waals surface area (Å²) in [5.41, 5.74) is 0.394. The predicted octanol–water partition coefficient (Wildman–Crippen LogP) is 3.45. The Labute approximate surface area is 262 Å². The van der Waals surface area contributed by atoms with Crippen molar-refractivity contribution in [2.75, 3.05) is 13.1 Å². The number of hydrogen-bond donors (Lipinski definition) is 4. The topological polar surface area (TPSA) is 136 Å². The minimum atomic E-state index is -3.01. The molecule has 46 heavy (non-hydrogen) atoms. The summed E-state index contributed by atoms with van der Waals surface area (Å²) < 4.78 is 55.6. The quantitative estimate of drug-likeness (QED) is 0.211. The number of carboxylic acid groups (broad SMARTS) is 1. The molecule has 1 heterocycles. The molecule has 4 rings (SSSR count). The molecule has 4 atom stereocenters. The summed E-state index contributed by atoms with van der Waals surface area (Å²) in [5, 5.41) is 24.3. The highest BCUT2D eigenvalue weighted by Crippen LogP contribution is 2.33. The van der Waals surface area contributed by atoms with E-state index >= 15 is 0 Å². The number of carbonyl (C=O) groups is 4. The molecule has 3 aromatic rings. The fraction of sp³-hybridized carbons (Fsp3) is 0.333. The summed E-state index contributed by atoms with van der Waals surface area (Å²) in [4.78, 5) is 52.1. The van der Waals surface area contributed by atoms with Gasteiger partial charge in [-0.25, -0.2) is 22.4 Å². The lowest BCUT2D eigenvalue weighted by Crippen LogP contribution is -2.55. The lowest BCUT2D eigenvalue weighted by atomic mass is 9.96. The lowest BCUT2D eigenvalue weighted by Gasteiger charge is -2.28. The molecule has 0 bridgehead atoms. The van der Waals surface area contributed by atoms with Crippen LogP contribution in [0.25, 0.3) is 0 Å². The molecule has 3 amide bonds. The van der Waals surface area contributed by atoms with Crippen molar-refractivity contribution in [2.24, 2.45) is 0 Å². The van der Waals surface area contributed by atoms with Crippen LogP contribution in [0.1, 0.15) is 45.8 Å². The van der Waals surface area contributed by atoms with E-state index in [2.05, 4.69) is 10.6 Å². The monoisotopic (exact) mass is 643 g/mol. The van der Waals surface area contributed by atoms with Crippen molar-refractivity contribution in [1.82, 2.24) is 15.5 Å². The van der Waals surface area contributed by atoms with E-state index in [0.29, 0.717) is 17.7 Å². The van der Waals surface area contributed by atoms with Crippen LogP contribution in [0, 0.1) is 11.6 Å². The Hall–Kier alpha value is -4.78. The van der Waals surface area contributed by atoms with E-state index in [4.69, 9.17) is 5.11 Å². The number of carboxylic acids is 1. The highest BCUT2D eigenvalue weighted by atomic mass is 19.3. The van der Waals surface area contributed by atoms with Gasteiger partial charge in [0.25, 0.3) is 5.91 Å². The number of hydrogen-bond acceptors (Lipinski definition) is 5. The highest BCUT2D eigenvalue weighted by Gasteiger charge is 2.43. The Kier molecular flexibility index (Phi) is 11.5. The molecule has 1 fully saturated rings.